The van der Waals surface area contributed by atoms with Gasteiger partial charge in [-0.3, -0.25) is 19.7 Å². The lowest BCUT2D eigenvalue weighted by molar-refractivity contribution is -0.384. The Kier molecular flexibility index (Phi) is 5.56. The molecule has 0 spiro atoms. The van der Waals surface area contributed by atoms with Crippen molar-refractivity contribution >= 4 is 34.8 Å². The highest BCUT2D eigenvalue weighted by Crippen LogP contribution is 2.29. The van der Waals surface area contributed by atoms with Crippen LogP contribution in [-0.4, -0.2) is 22.8 Å². The van der Waals surface area contributed by atoms with Crippen molar-refractivity contribution in [3.05, 3.63) is 63.2 Å². The molecule has 2 rings (SSSR count). The molecule has 2 amide bonds. The van der Waals surface area contributed by atoms with Crippen molar-refractivity contribution in [3.63, 3.8) is 0 Å². The predicted molar refractivity (Wildman–Crippen MR) is 91.8 cm³/mol. The molecule has 0 saturated carbocycles. The molecule has 3 N–H and O–H groups in total. The summed E-state index contributed by atoms with van der Waals surface area (Å²) in [5.41, 5.74) is 5.74. The highest BCUT2D eigenvalue weighted by molar-refractivity contribution is 6.32. The summed E-state index contributed by atoms with van der Waals surface area (Å²) >= 11 is 5.92. The SMILES string of the molecule is C[C@@H](Oc1ccc([N+](=O)[O-])cc1Cl)C(=O)Nc1ccc(C(N)=O)cc1. The van der Waals surface area contributed by atoms with E-state index < -0.39 is 22.8 Å². The summed E-state index contributed by atoms with van der Waals surface area (Å²) in [7, 11) is 0. The number of carbonyl (C=O) groups excluding carboxylic acids is 2. The Labute approximate surface area is 147 Å². The van der Waals surface area contributed by atoms with Crippen LogP contribution in [0.1, 0.15) is 17.3 Å². The number of nitrogens with zero attached hydrogens (tertiary/aromatic N) is 1. The maximum Gasteiger partial charge on any atom is 0.271 e. The standard InChI is InChI=1S/C16H14ClN3O5/c1-9(25-14-7-6-12(20(23)24)8-13(14)17)16(22)19-11-4-2-10(3-5-11)15(18)21/h2-9H,1H3,(H2,18,21)(H,19,22)/t9-/m1/s1. The molecular formula is C16H14ClN3O5. The quantitative estimate of drug-likeness (QED) is 0.603. The number of hydrogen-bond acceptors (Lipinski definition) is 5. The van der Waals surface area contributed by atoms with Crippen LogP contribution < -0.4 is 15.8 Å². The Morgan fingerprint density at radius 1 is 1.24 bits per heavy atom. The molecule has 1 atom stereocenters. The number of nitrogens with two attached hydrogens (primary N) is 1. The molecule has 0 heterocycles. The lowest BCUT2D eigenvalue weighted by atomic mass is 10.2. The summed E-state index contributed by atoms with van der Waals surface area (Å²) in [6, 6.07) is 9.73. The van der Waals surface area contributed by atoms with Gasteiger partial charge in [-0.2, -0.15) is 0 Å². The number of halogens is 1. The zero-order valence-electron chi connectivity index (χ0n) is 13.1. The van der Waals surface area contributed by atoms with Gasteiger partial charge < -0.3 is 15.8 Å². The summed E-state index contributed by atoms with van der Waals surface area (Å²) in [6.45, 7) is 1.50. The molecule has 0 bridgehead atoms. The van der Waals surface area contributed by atoms with Crippen LogP contribution in [0.5, 0.6) is 5.75 Å². The molecule has 8 nitrogen and oxygen atoms in total. The Morgan fingerprint density at radius 3 is 2.40 bits per heavy atom. The van der Waals surface area contributed by atoms with E-state index in [0.29, 0.717) is 11.3 Å². The van der Waals surface area contributed by atoms with Crippen molar-refractivity contribution in [2.24, 2.45) is 5.73 Å². The van der Waals surface area contributed by atoms with E-state index in [1.54, 1.807) is 0 Å². The van der Waals surface area contributed by atoms with E-state index in [1.165, 1.54) is 43.3 Å². The number of ether oxygens (including phenoxy) is 1. The van der Waals surface area contributed by atoms with E-state index in [9.17, 15) is 19.7 Å². The minimum atomic E-state index is -0.908. The number of non-ortho nitro benzene ring substituents is 1. The van der Waals surface area contributed by atoms with Crippen LogP contribution in [-0.2, 0) is 4.79 Å². The zero-order chi connectivity index (χ0) is 18.6. The molecule has 0 aliphatic carbocycles. The van der Waals surface area contributed by atoms with Crippen molar-refractivity contribution in [2.75, 3.05) is 5.32 Å². The highest BCUT2D eigenvalue weighted by Gasteiger charge is 2.18. The van der Waals surface area contributed by atoms with E-state index in [-0.39, 0.29) is 16.5 Å². The topological polar surface area (TPSA) is 125 Å². The number of amides is 2. The third-order valence-corrected chi connectivity index (χ3v) is 3.53. The van der Waals surface area contributed by atoms with E-state index in [4.69, 9.17) is 22.1 Å². The van der Waals surface area contributed by atoms with Crippen LogP contribution in [0, 0.1) is 10.1 Å². The molecule has 2 aromatic rings. The zero-order valence-corrected chi connectivity index (χ0v) is 13.8. The Morgan fingerprint density at radius 2 is 1.88 bits per heavy atom. The number of benzene rings is 2. The van der Waals surface area contributed by atoms with E-state index in [0.717, 1.165) is 6.07 Å². The number of hydrogen-bond donors (Lipinski definition) is 2. The second kappa shape index (κ2) is 7.63. The maximum absolute atomic E-state index is 12.1. The lowest BCUT2D eigenvalue weighted by Crippen LogP contribution is -2.30. The summed E-state index contributed by atoms with van der Waals surface area (Å²) in [6.07, 6.45) is -0.908. The summed E-state index contributed by atoms with van der Waals surface area (Å²) in [5.74, 6) is -0.873. The molecule has 9 heteroatoms. The summed E-state index contributed by atoms with van der Waals surface area (Å²) < 4.78 is 5.44. The van der Waals surface area contributed by atoms with Crippen molar-refractivity contribution in [2.45, 2.75) is 13.0 Å². The lowest BCUT2D eigenvalue weighted by Gasteiger charge is -2.15. The minimum absolute atomic E-state index is 0.0275. The van der Waals surface area contributed by atoms with Crippen LogP contribution >= 0.6 is 11.6 Å². The third kappa shape index (κ3) is 4.67. The van der Waals surface area contributed by atoms with Crippen LogP contribution in [0.15, 0.2) is 42.5 Å². The largest absolute Gasteiger partial charge is 0.479 e. The number of anilines is 1. The minimum Gasteiger partial charge on any atom is -0.479 e. The molecule has 0 unspecified atom stereocenters. The first-order valence-electron chi connectivity index (χ1n) is 7.09. The van der Waals surface area contributed by atoms with E-state index in [2.05, 4.69) is 5.32 Å². The second-order valence-electron chi connectivity index (χ2n) is 5.06. The fourth-order valence-corrected chi connectivity index (χ4v) is 2.12. The van der Waals surface area contributed by atoms with Crippen molar-refractivity contribution < 1.29 is 19.2 Å². The van der Waals surface area contributed by atoms with E-state index >= 15 is 0 Å². The second-order valence-corrected chi connectivity index (χ2v) is 5.47. The number of rotatable bonds is 6. The van der Waals surface area contributed by atoms with Crippen LogP contribution in [0.3, 0.4) is 0 Å². The highest BCUT2D eigenvalue weighted by atomic mass is 35.5. The monoisotopic (exact) mass is 363 g/mol. The van der Waals surface area contributed by atoms with Gasteiger partial charge in [0, 0.05) is 23.4 Å². The first kappa shape index (κ1) is 18.2. The number of nitrogens with one attached hydrogen (secondary N) is 1. The van der Waals surface area contributed by atoms with Gasteiger partial charge in [0.1, 0.15) is 5.75 Å². The predicted octanol–water partition coefficient (Wildman–Crippen LogP) is 2.75. The first-order valence-corrected chi connectivity index (χ1v) is 7.47. The van der Waals surface area contributed by atoms with Gasteiger partial charge in [0.05, 0.1) is 9.95 Å². The number of nitro groups is 1. The van der Waals surface area contributed by atoms with Gasteiger partial charge in [0.15, 0.2) is 6.10 Å². The maximum atomic E-state index is 12.1. The van der Waals surface area contributed by atoms with Crippen molar-refractivity contribution in [1.82, 2.24) is 0 Å². The van der Waals surface area contributed by atoms with Gasteiger partial charge in [-0.05, 0) is 37.3 Å². The molecule has 0 aliphatic rings. The van der Waals surface area contributed by atoms with Gasteiger partial charge in [-0.15, -0.1) is 0 Å². The van der Waals surface area contributed by atoms with Crippen LogP contribution in [0.4, 0.5) is 11.4 Å². The molecule has 130 valence electrons. The Balaban J connectivity index is 2.02. The molecule has 25 heavy (non-hydrogen) atoms. The average molecular weight is 364 g/mol. The van der Waals surface area contributed by atoms with Crippen molar-refractivity contribution in [1.29, 1.82) is 0 Å². The van der Waals surface area contributed by atoms with Gasteiger partial charge in [0.2, 0.25) is 5.91 Å². The van der Waals surface area contributed by atoms with E-state index in [1.807, 2.05) is 0 Å². The van der Waals surface area contributed by atoms with Gasteiger partial charge in [0.25, 0.3) is 11.6 Å². The molecule has 0 fully saturated rings. The van der Waals surface area contributed by atoms with Crippen LogP contribution in [0.25, 0.3) is 0 Å². The molecule has 0 aliphatic heterocycles. The average Bonchev–Trinajstić information content (AvgIpc) is 2.56. The third-order valence-electron chi connectivity index (χ3n) is 3.24. The van der Waals surface area contributed by atoms with Gasteiger partial charge >= 0.3 is 0 Å². The molecular weight excluding hydrogens is 350 g/mol. The molecule has 0 saturated heterocycles. The van der Waals surface area contributed by atoms with Crippen LogP contribution in [0.2, 0.25) is 5.02 Å². The van der Waals surface area contributed by atoms with Crippen molar-refractivity contribution in [3.8, 4) is 5.75 Å². The first-order chi connectivity index (χ1) is 11.8. The molecule has 0 aromatic heterocycles. The molecule has 0 radical (unpaired) electrons. The van der Waals surface area contributed by atoms with Gasteiger partial charge in [-0.25, -0.2) is 0 Å². The summed E-state index contributed by atoms with van der Waals surface area (Å²) in [4.78, 5) is 33.2. The molecule has 2 aromatic carbocycles. The summed E-state index contributed by atoms with van der Waals surface area (Å²) in [5, 5.41) is 13.3. The Hall–Kier alpha value is -3.13. The fourth-order valence-electron chi connectivity index (χ4n) is 1.90. The smallest absolute Gasteiger partial charge is 0.271 e. The normalized spacial score (nSPS) is 11.4. The number of nitro benzene ring substituents is 1. The number of primary amides is 1. The Bertz CT molecular complexity index is 823. The fraction of sp³-hybridized carbons (Fsp3) is 0.125. The van der Waals surface area contributed by atoms with Gasteiger partial charge in [-0.1, -0.05) is 11.6 Å². The number of carbonyl (C=O) groups is 2.